The molecule has 1 saturated carbocycles. The summed E-state index contributed by atoms with van der Waals surface area (Å²) in [4.78, 5) is 30.5. The quantitative estimate of drug-likeness (QED) is 0.807. The number of halogens is 1. The molecule has 4 rings (SSSR count). The van der Waals surface area contributed by atoms with E-state index < -0.39 is 0 Å². The number of fused-ring (bicyclic) bond motifs is 1. The van der Waals surface area contributed by atoms with Crippen LogP contribution in [0.2, 0.25) is 5.02 Å². The van der Waals surface area contributed by atoms with Crippen LogP contribution < -0.4 is 10.2 Å². The third-order valence-corrected chi connectivity index (χ3v) is 5.73. The fraction of sp³-hybridized carbons (Fsp3) is 0.526. The van der Waals surface area contributed by atoms with Crippen molar-refractivity contribution < 1.29 is 18.7 Å². The molecule has 0 radical (unpaired) electrons. The fourth-order valence-corrected chi connectivity index (χ4v) is 3.93. The fourth-order valence-electron chi connectivity index (χ4n) is 3.77. The van der Waals surface area contributed by atoms with Crippen LogP contribution >= 0.6 is 11.6 Å². The Kier molecular flexibility index (Phi) is 4.95. The zero-order valence-electron chi connectivity index (χ0n) is 15.1. The number of hydrogen-bond acceptors (Lipinski definition) is 6. The molecule has 144 valence electrons. The minimum absolute atomic E-state index is 0.0164. The lowest BCUT2D eigenvalue weighted by atomic mass is 9.80. The normalized spacial score (nSPS) is 23.1. The van der Waals surface area contributed by atoms with Gasteiger partial charge in [0.2, 0.25) is 5.91 Å². The van der Waals surface area contributed by atoms with Crippen LogP contribution in [-0.2, 0) is 14.3 Å². The Bertz CT molecular complexity index is 854. The number of nitrogens with zero attached hydrogens (tertiary/aromatic N) is 2. The molecule has 0 atom stereocenters. The predicted octanol–water partition coefficient (Wildman–Crippen LogP) is 2.77. The number of carbonyl (C=O) groups excluding carboxylic acids is 2. The summed E-state index contributed by atoms with van der Waals surface area (Å²) in [5, 5.41) is 3.68. The molecule has 1 aromatic carbocycles. The van der Waals surface area contributed by atoms with Gasteiger partial charge in [-0.2, -0.15) is 4.98 Å². The number of carbonyl (C=O) groups is 2. The molecule has 1 saturated heterocycles. The Morgan fingerprint density at radius 2 is 2.00 bits per heavy atom. The molecule has 0 bridgehead atoms. The number of methoxy groups -OCH3 is 1. The van der Waals surface area contributed by atoms with E-state index in [0.717, 1.165) is 18.4 Å². The second-order valence-corrected chi connectivity index (χ2v) is 7.70. The zero-order chi connectivity index (χ0) is 19.0. The van der Waals surface area contributed by atoms with Crippen molar-refractivity contribution in [3.05, 3.63) is 23.2 Å². The average molecular weight is 392 g/mol. The largest absolute Gasteiger partial charge is 0.469 e. The number of anilines is 1. The highest BCUT2D eigenvalue weighted by Gasteiger charge is 2.37. The summed E-state index contributed by atoms with van der Waals surface area (Å²) in [6, 6.07) is 6.05. The molecule has 1 aliphatic carbocycles. The molecule has 0 spiro atoms. The molecule has 8 heteroatoms. The van der Waals surface area contributed by atoms with Crippen molar-refractivity contribution in [2.24, 2.45) is 11.8 Å². The van der Waals surface area contributed by atoms with E-state index in [9.17, 15) is 9.59 Å². The van der Waals surface area contributed by atoms with Gasteiger partial charge in [-0.05, 0) is 37.8 Å². The highest BCUT2D eigenvalue weighted by atomic mass is 35.5. The molecular formula is C19H22ClN3O4. The zero-order valence-corrected chi connectivity index (χ0v) is 15.9. The number of rotatable bonds is 4. The maximum absolute atomic E-state index is 12.5. The molecule has 2 heterocycles. The van der Waals surface area contributed by atoms with Gasteiger partial charge in [0.1, 0.15) is 5.52 Å². The predicted molar refractivity (Wildman–Crippen MR) is 101 cm³/mol. The van der Waals surface area contributed by atoms with E-state index in [-0.39, 0.29) is 29.8 Å². The topological polar surface area (TPSA) is 84.7 Å². The van der Waals surface area contributed by atoms with Gasteiger partial charge in [0.15, 0.2) is 5.58 Å². The number of ether oxygens (including phenoxy) is 1. The number of benzene rings is 1. The number of piperidine rings is 1. The monoisotopic (exact) mass is 391 g/mol. The Morgan fingerprint density at radius 1 is 1.26 bits per heavy atom. The van der Waals surface area contributed by atoms with Gasteiger partial charge in [-0.3, -0.25) is 9.59 Å². The maximum Gasteiger partial charge on any atom is 0.308 e. The van der Waals surface area contributed by atoms with Crippen LogP contribution in [0.1, 0.15) is 25.7 Å². The third kappa shape index (κ3) is 3.74. The van der Waals surface area contributed by atoms with Crippen LogP contribution in [0.3, 0.4) is 0 Å². The van der Waals surface area contributed by atoms with E-state index in [1.54, 1.807) is 12.1 Å². The van der Waals surface area contributed by atoms with Crippen LogP contribution in [0.15, 0.2) is 22.6 Å². The summed E-state index contributed by atoms with van der Waals surface area (Å²) in [5.74, 6) is -0.201. The van der Waals surface area contributed by atoms with Crippen molar-refractivity contribution in [3.63, 3.8) is 0 Å². The molecule has 27 heavy (non-hydrogen) atoms. The molecular weight excluding hydrogens is 370 g/mol. The van der Waals surface area contributed by atoms with E-state index in [4.69, 9.17) is 20.8 Å². The van der Waals surface area contributed by atoms with Crippen molar-refractivity contribution in [1.29, 1.82) is 0 Å². The first-order valence-corrected chi connectivity index (χ1v) is 9.60. The van der Waals surface area contributed by atoms with Crippen LogP contribution in [-0.4, -0.2) is 43.1 Å². The van der Waals surface area contributed by atoms with Crippen molar-refractivity contribution in [1.82, 2.24) is 10.3 Å². The summed E-state index contributed by atoms with van der Waals surface area (Å²) in [5.41, 5.74) is 1.45. The first-order chi connectivity index (χ1) is 13.0. The van der Waals surface area contributed by atoms with E-state index in [2.05, 4.69) is 15.2 Å². The minimum atomic E-state index is -0.187. The van der Waals surface area contributed by atoms with Crippen LogP contribution in [0.4, 0.5) is 6.01 Å². The van der Waals surface area contributed by atoms with Gasteiger partial charge in [0.25, 0.3) is 6.01 Å². The molecule has 1 N–H and O–H groups in total. The Balaban J connectivity index is 1.28. The lowest BCUT2D eigenvalue weighted by molar-refractivity contribution is -0.150. The van der Waals surface area contributed by atoms with Crippen LogP contribution in [0, 0.1) is 11.8 Å². The molecule has 0 unspecified atom stereocenters. The minimum Gasteiger partial charge on any atom is -0.469 e. The highest BCUT2D eigenvalue weighted by Crippen LogP contribution is 2.30. The summed E-state index contributed by atoms with van der Waals surface area (Å²) in [7, 11) is 1.40. The second kappa shape index (κ2) is 7.38. The van der Waals surface area contributed by atoms with Crippen molar-refractivity contribution in [2.45, 2.75) is 31.7 Å². The molecule has 2 fully saturated rings. The van der Waals surface area contributed by atoms with Crippen LogP contribution in [0.5, 0.6) is 0 Å². The van der Waals surface area contributed by atoms with Crippen LogP contribution in [0.25, 0.3) is 11.1 Å². The summed E-state index contributed by atoms with van der Waals surface area (Å²) in [6.07, 6.45) is 2.84. The van der Waals surface area contributed by atoms with Gasteiger partial charge in [-0.1, -0.05) is 11.6 Å². The smallest absolute Gasteiger partial charge is 0.308 e. The molecule has 2 aliphatic rings. The van der Waals surface area contributed by atoms with Gasteiger partial charge in [0, 0.05) is 36.1 Å². The van der Waals surface area contributed by atoms with Crippen molar-refractivity contribution in [2.75, 3.05) is 25.1 Å². The van der Waals surface area contributed by atoms with E-state index in [0.29, 0.717) is 42.6 Å². The van der Waals surface area contributed by atoms with Gasteiger partial charge in [-0.15, -0.1) is 0 Å². The molecule has 2 aromatic rings. The number of aromatic nitrogens is 1. The lowest BCUT2D eigenvalue weighted by Crippen LogP contribution is -2.50. The molecule has 7 nitrogen and oxygen atoms in total. The lowest BCUT2D eigenvalue weighted by Gasteiger charge is -2.36. The summed E-state index contributed by atoms with van der Waals surface area (Å²) < 4.78 is 10.5. The number of amides is 1. The summed E-state index contributed by atoms with van der Waals surface area (Å²) in [6.45, 7) is 1.43. The van der Waals surface area contributed by atoms with E-state index in [1.807, 2.05) is 6.07 Å². The van der Waals surface area contributed by atoms with Crippen molar-refractivity contribution in [3.8, 4) is 0 Å². The van der Waals surface area contributed by atoms with Gasteiger partial charge >= 0.3 is 5.97 Å². The maximum atomic E-state index is 12.5. The number of esters is 1. The Morgan fingerprint density at radius 3 is 2.70 bits per heavy atom. The van der Waals surface area contributed by atoms with E-state index in [1.165, 1.54) is 7.11 Å². The molecule has 1 amide bonds. The number of oxazole rings is 1. The average Bonchev–Trinajstić information content (AvgIpc) is 3.06. The number of hydrogen-bond donors (Lipinski definition) is 1. The second-order valence-electron chi connectivity index (χ2n) is 7.27. The van der Waals surface area contributed by atoms with E-state index >= 15 is 0 Å². The molecule has 1 aromatic heterocycles. The van der Waals surface area contributed by atoms with Gasteiger partial charge in [-0.25, -0.2) is 0 Å². The Labute approximate surface area is 162 Å². The first kappa shape index (κ1) is 18.1. The van der Waals surface area contributed by atoms with Gasteiger partial charge < -0.3 is 19.4 Å². The highest BCUT2D eigenvalue weighted by molar-refractivity contribution is 6.31. The Hall–Kier alpha value is -2.28. The SMILES string of the molecule is COC(=O)C1CC(NC(=O)C2CCN(c3nc4ccc(Cl)cc4o3)CC2)C1. The number of nitrogens with one attached hydrogen (secondary N) is 1. The van der Waals surface area contributed by atoms with Crippen molar-refractivity contribution >= 4 is 40.6 Å². The molecule has 1 aliphatic heterocycles. The first-order valence-electron chi connectivity index (χ1n) is 9.22. The van der Waals surface area contributed by atoms with Gasteiger partial charge in [0.05, 0.1) is 13.0 Å². The summed E-state index contributed by atoms with van der Waals surface area (Å²) >= 11 is 5.99. The standard InChI is InChI=1S/C19H22ClN3O4/c1-26-18(25)12-8-14(9-12)21-17(24)11-4-6-23(7-5-11)19-22-15-3-2-13(20)10-16(15)27-19/h2-3,10-12,14H,4-9H2,1H3,(H,21,24). The third-order valence-electron chi connectivity index (χ3n) is 5.49.